The van der Waals surface area contributed by atoms with E-state index in [1.54, 1.807) is 6.07 Å². The van der Waals surface area contributed by atoms with Crippen molar-refractivity contribution in [1.82, 2.24) is 0 Å². The molecule has 0 atom stereocenters. The Bertz CT molecular complexity index is 612. The molecule has 1 aliphatic heterocycles. The second-order valence-electron chi connectivity index (χ2n) is 3.82. The average Bonchev–Trinajstić information content (AvgIpc) is 2.27. The largest absolute Gasteiger partial charge is 0.467 e. The Morgan fingerprint density at radius 3 is 3.00 bits per heavy atom. The van der Waals surface area contributed by atoms with Crippen LogP contribution in [0.25, 0.3) is 11.0 Å². The molecular weight excluding hydrogens is 208 g/mol. The van der Waals surface area contributed by atoms with Gasteiger partial charge in [-0.3, -0.25) is 0 Å². The quantitative estimate of drug-likeness (QED) is 0.634. The molecule has 4 nitrogen and oxygen atoms in total. The molecule has 0 fully saturated rings. The normalized spacial score (nSPS) is 14.6. The highest BCUT2D eigenvalue weighted by atomic mass is 16.7. The monoisotopic (exact) mass is 218 g/mol. The molecule has 16 heavy (non-hydrogen) atoms. The standard InChI is InChI=1S/C12H10O4/c1-7-2-12(13)16-11-3-8-5-14-6-15-10(8)4-9(7)11/h2-4H,5-6H2,1H3. The molecule has 1 aromatic heterocycles. The molecule has 0 N–H and O–H groups in total. The van der Waals surface area contributed by atoms with E-state index in [0.29, 0.717) is 12.2 Å². The molecule has 1 aliphatic rings. The van der Waals surface area contributed by atoms with E-state index in [-0.39, 0.29) is 12.4 Å². The minimum absolute atomic E-state index is 0.272. The Kier molecular flexibility index (Phi) is 1.97. The van der Waals surface area contributed by atoms with Gasteiger partial charge in [0.2, 0.25) is 0 Å². The number of hydrogen-bond donors (Lipinski definition) is 0. The molecule has 0 aliphatic carbocycles. The van der Waals surface area contributed by atoms with E-state index in [1.165, 1.54) is 6.07 Å². The van der Waals surface area contributed by atoms with E-state index in [9.17, 15) is 4.79 Å². The average molecular weight is 218 g/mol. The van der Waals surface area contributed by atoms with Crippen molar-refractivity contribution < 1.29 is 13.9 Å². The van der Waals surface area contributed by atoms with Crippen molar-refractivity contribution in [3.05, 3.63) is 39.7 Å². The Morgan fingerprint density at radius 2 is 2.12 bits per heavy atom. The molecule has 0 saturated heterocycles. The van der Waals surface area contributed by atoms with Crippen LogP contribution in [0.15, 0.2) is 27.4 Å². The fraction of sp³-hybridized carbons (Fsp3) is 0.250. The summed E-state index contributed by atoms with van der Waals surface area (Å²) in [5.41, 5.74) is 2.05. The highest BCUT2D eigenvalue weighted by molar-refractivity contribution is 5.82. The Balaban J connectivity index is 2.35. The van der Waals surface area contributed by atoms with Crippen molar-refractivity contribution in [2.24, 2.45) is 0 Å². The summed E-state index contributed by atoms with van der Waals surface area (Å²) in [6.45, 7) is 2.64. The van der Waals surface area contributed by atoms with Crippen LogP contribution in [0.1, 0.15) is 11.1 Å². The van der Waals surface area contributed by atoms with Gasteiger partial charge in [0.1, 0.15) is 11.3 Å². The van der Waals surface area contributed by atoms with Crippen LogP contribution >= 0.6 is 0 Å². The third-order valence-corrected chi connectivity index (χ3v) is 2.69. The van der Waals surface area contributed by atoms with E-state index in [0.717, 1.165) is 22.3 Å². The lowest BCUT2D eigenvalue weighted by atomic mass is 10.1. The van der Waals surface area contributed by atoms with Crippen molar-refractivity contribution in [2.45, 2.75) is 13.5 Å². The molecule has 0 unspecified atom stereocenters. The van der Waals surface area contributed by atoms with E-state index >= 15 is 0 Å². The van der Waals surface area contributed by atoms with Gasteiger partial charge in [0, 0.05) is 17.0 Å². The first-order valence-corrected chi connectivity index (χ1v) is 5.02. The summed E-state index contributed by atoms with van der Waals surface area (Å²) in [6, 6.07) is 5.18. The zero-order chi connectivity index (χ0) is 11.1. The van der Waals surface area contributed by atoms with Crippen molar-refractivity contribution in [2.75, 3.05) is 6.79 Å². The van der Waals surface area contributed by atoms with Gasteiger partial charge in [0.05, 0.1) is 6.61 Å². The van der Waals surface area contributed by atoms with Gasteiger partial charge in [0.25, 0.3) is 0 Å². The molecular formula is C12H10O4. The number of benzene rings is 1. The van der Waals surface area contributed by atoms with Crippen molar-refractivity contribution in [3.63, 3.8) is 0 Å². The minimum atomic E-state index is -0.331. The first-order valence-electron chi connectivity index (χ1n) is 5.02. The van der Waals surface area contributed by atoms with Crippen LogP contribution in [0.4, 0.5) is 0 Å². The molecule has 0 bridgehead atoms. The van der Waals surface area contributed by atoms with Gasteiger partial charge in [0.15, 0.2) is 6.79 Å². The number of hydrogen-bond acceptors (Lipinski definition) is 4. The predicted octanol–water partition coefficient (Wildman–Crippen LogP) is 1.97. The highest BCUT2D eigenvalue weighted by Gasteiger charge is 2.13. The van der Waals surface area contributed by atoms with E-state index in [1.807, 2.05) is 13.0 Å². The van der Waals surface area contributed by atoms with Crippen LogP contribution in [0, 0.1) is 6.92 Å². The minimum Gasteiger partial charge on any atom is -0.467 e. The summed E-state index contributed by atoms with van der Waals surface area (Å²) in [7, 11) is 0. The van der Waals surface area contributed by atoms with Gasteiger partial charge in [-0.05, 0) is 24.6 Å². The highest BCUT2D eigenvalue weighted by Crippen LogP contribution is 2.29. The summed E-state index contributed by atoms with van der Waals surface area (Å²) in [5, 5.41) is 0.903. The van der Waals surface area contributed by atoms with Crippen LogP contribution in [-0.2, 0) is 11.3 Å². The molecule has 0 spiro atoms. The van der Waals surface area contributed by atoms with Crippen molar-refractivity contribution in [1.29, 1.82) is 0 Å². The maximum atomic E-state index is 11.2. The molecule has 0 radical (unpaired) electrons. The molecule has 82 valence electrons. The Hall–Kier alpha value is -1.81. The third kappa shape index (κ3) is 1.39. The van der Waals surface area contributed by atoms with Gasteiger partial charge < -0.3 is 13.9 Å². The van der Waals surface area contributed by atoms with Crippen molar-refractivity contribution in [3.8, 4) is 5.75 Å². The van der Waals surface area contributed by atoms with Gasteiger partial charge in [-0.25, -0.2) is 4.79 Å². The Morgan fingerprint density at radius 1 is 1.25 bits per heavy atom. The number of rotatable bonds is 0. The maximum absolute atomic E-state index is 11.2. The molecule has 4 heteroatoms. The lowest BCUT2D eigenvalue weighted by molar-refractivity contribution is -0.0162. The summed E-state index contributed by atoms with van der Waals surface area (Å²) in [6.07, 6.45) is 0. The predicted molar refractivity (Wildman–Crippen MR) is 57.5 cm³/mol. The molecule has 3 rings (SSSR count). The molecule has 2 aromatic rings. The summed E-state index contributed by atoms with van der Waals surface area (Å²) in [5.74, 6) is 0.802. The van der Waals surface area contributed by atoms with E-state index in [4.69, 9.17) is 13.9 Å². The molecule has 0 saturated carbocycles. The summed E-state index contributed by atoms with van der Waals surface area (Å²) < 4.78 is 15.7. The second-order valence-corrected chi connectivity index (χ2v) is 3.82. The van der Waals surface area contributed by atoms with Gasteiger partial charge in [-0.2, -0.15) is 0 Å². The number of ether oxygens (including phenoxy) is 2. The zero-order valence-corrected chi connectivity index (χ0v) is 8.78. The van der Waals surface area contributed by atoms with E-state index < -0.39 is 0 Å². The SMILES string of the molecule is Cc1cc(=O)oc2cc3c(cc12)OCOC3. The lowest BCUT2D eigenvalue weighted by Crippen LogP contribution is -2.11. The zero-order valence-electron chi connectivity index (χ0n) is 8.78. The van der Waals surface area contributed by atoms with Crippen LogP contribution in [0.2, 0.25) is 0 Å². The maximum Gasteiger partial charge on any atom is 0.336 e. The third-order valence-electron chi connectivity index (χ3n) is 2.69. The van der Waals surface area contributed by atoms with Gasteiger partial charge in [-0.1, -0.05) is 0 Å². The van der Waals surface area contributed by atoms with Crippen LogP contribution < -0.4 is 10.4 Å². The lowest BCUT2D eigenvalue weighted by Gasteiger charge is -2.18. The first-order chi connectivity index (χ1) is 7.74. The van der Waals surface area contributed by atoms with Crippen LogP contribution in [-0.4, -0.2) is 6.79 Å². The van der Waals surface area contributed by atoms with Gasteiger partial charge in [-0.15, -0.1) is 0 Å². The van der Waals surface area contributed by atoms with Crippen molar-refractivity contribution >= 4 is 11.0 Å². The number of fused-ring (bicyclic) bond motifs is 2. The second kappa shape index (κ2) is 3.35. The van der Waals surface area contributed by atoms with Gasteiger partial charge >= 0.3 is 5.63 Å². The van der Waals surface area contributed by atoms with Crippen LogP contribution in [0.5, 0.6) is 5.75 Å². The Labute approximate surface area is 91.4 Å². The topological polar surface area (TPSA) is 48.7 Å². The summed E-state index contributed by atoms with van der Waals surface area (Å²) in [4.78, 5) is 11.2. The fourth-order valence-electron chi connectivity index (χ4n) is 1.89. The number of aryl methyl sites for hydroxylation is 1. The van der Waals surface area contributed by atoms with E-state index in [2.05, 4.69) is 0 Å². The molecule has 1 aromatic carbocycles. The van der Waals surface area contributed by atoms with Crippen LogP contribution in [0.3, 0.4) is 0 Å². The molecule has 2 heterocycles. The molecule has 0 amide bonds. The summed E-state index contributed by atoms with van der Waals surface area (Å²) >= 11 is 0. The first kappa shape index (κ1) is 9.42. The smallest absolute Gasteiger partial charge is 0.336 e. The fourth-order valence-corrected chi connectivity index (χ4v) is 1.89.